The molecule has 2 heterocycles. The van der Waals surface area contributed by atoms with Crippen molar-refractivity contribution in [2.75, 3.05) is 19.5 Å². The van der Waals surface area contributed by atoms with E-state index in [2.05, 4.69) is 20.6 Å². The van der Waals surface area contributed by atoms with E-state index in [1.807, 2.05) is 12.1 Å². The second kappa shape index (κ2) is 8.66. The molecule has 0 aliphatic rings. The van der Waals surface area contributed by atoms with Gasteiger partial charge in [-0.05, 0) is 36.8 Å². The second-order valence-electron chi connectivity index (χ2n) is 5.79. The molecule has 0 fully saturated rings. The molecule has 0 saturated heterocycles. The number of carbonyl (C=O) groups excluding carboxylic acids is 1. The first-order chi connectivity index (χ1) is 13.5. The Morgan fingerprint density at radius 1 is 1.18 bits per heavy atom. The predicted octanol–water partition coefficient (Wildman–Crippen LogP) is 3.68. The number of aryl methyl sites for hydroxylation is 1. The fourth-order valence-corrected chi connectivity index (χ4v) is 3.36. The van der Waals surface area contributed by atoms with E-state index >= 15 is 0 Å². The SMILES string of the molecule is COc1ccc(CNC(=O)c2sc(Nc3ccc(F)cn3)nc2C)cc1OC. The average molecular weight is 402 g/mol. The third-order valence-corrected chi connectivity index (χ3v) is 4.94. The van der Waals surface area contributed by atoms with E-state index in [0.717, 1.165) is 11.8 Å². The summed E-state index contributed by atoms with van der Waals surface area (Å²) >= 11 is 1.20. The van der Waals surface area contributed by atoms with Crippen LogP contribution in [0.5, 0.6) is 11.5 Å². The topological polar surface area (TPSA) is 85.4 Å². The molecule has 1 aromatic carbocycles. The van der Waals surface area contributed by atoms with Gasteiger partial charge in [0, 0.05) is 6.54 Å². The lowest BCUT2D eigenvalue weighted by molar-refractivity contribution is 0.0954. The number of ether oxygens (including phenoxy) is 2. The maximum Gasteiger partial charge on any atom is 0.263 e. The minimum Gasteiger partial charge on any atom is -0.493 e. The van der Waals surface area contributed by atoms with Gasteiger partial charge >= 0.3 is 0 Å². The standard InChI is InChI=1S/C19H19FN4O3S/c1-11-17(28-19(23-11)24-16-7-5-13(20)10-21-16)18(25)22-9-12-4-6-14(26-2)15(8-12)27-3/h4-8,10H,9H2,1-3H3,(H,22,25)(H,21,23,24). The number of rotatable bonds is 7. The van der Waals surface area contributed by atoms with Crippen LogP contribution in [0, 0.1) is 12.7 Å². The largest absolute Gasteiger partial charge is 0.493 e. The molecule has 3 aromatic rings. The predicted molar refractivity (Wildman–Crippen MR) is 105 cm³/mol. The van der Waals surface area contributed by atoms with Crippen LogP contribution in [0.4, 0.5) is 15.3 Å². The van der Waals surface area contributed by atoms with Gasteiger partial charge < -0.3 is 20.1 Å². The van der Waals surface area contributed by atoms with Gasteiger partial charge in [0.25, 0.3) is 5.91 Å². The molecule has 28 heavy (non-hydrogen) atoms. The number of nitrogens with one attached hydrogen (secondary N) is 2. The molecule has 0 atom stereocenters. The van der Waals surface area contributed by atoms with E-state index < -0.39 is 5.82 Å². The molecule has 2 aromatic heterocycles. The highest BCUT2D eigenvalue weighted by Crippen LogP contribution is 2.28. The lowest BCUT2D eigenvalue weighted by Crippen LogP contribution is -2.22. The van der Waals surface area contributed by atoms with Crippen LogP contribution < -0.4 is 20.1 Å². The first-order valence-corrected chi connectivity index (χ1v) is 9.17. The molecular weight excluding hydrogens is 383 g/mol. The van der Waals surface area contributed by atoms with Gasteiger partial charge in [-0.2, -0.15) is 0 Å². The van der Waals surface area contributed by atoms with Gasteiger partial charge in [0.1, 0.15) is 16.5 Å². The number of anilines is 2. The zero-order valence-corrected chi connectivity index (χ0v) is 16.4. The highest BCUT2D eigenvalue weighted by atomic mass is 32.1. The minimum absolute atomic E-state index is 0.232. The van der Waals surface area contributed by atoms with E-state index in [-0.39, 0.29) is 5.91 Å². The van der Waals surface area contributed by atoms with Gasteiger partial charge in [-0.3, -0.25) is 4.79 Å². The Morgan fingerprint density at radius 2 is 1.96 bits per heavy atom. The molecular formula is C19H19FN4O3S. The molecule has 9 heteroatoms. The van der Waals surface area contributed by atoms with Crippen molar-refractivity contribution in [3.05, 3.63) is 58.5 Å². The fourth-order valence-electron chi connectivity index (χ4n) is 2.47. The zero-order valence-electron chi connectivity index (χ0n) is 15.6. The summed E-state index contributed by atoms with van der Waals surface area (Å²) in [6.45, 7) is 2.09. The summed E-state index contributed by atoms with van der Waals surface area (Å²) in [5.74, 6) is 1.02. The molecule has 0 spiro atoms. The Labute approximate surface area is 165 Å². The van der Waals surface area contributed by atoms with Crippen LogP contribution in [-0.4, -0.2) is 30.1 Å². The van der Waals surface area contributed by atoms with Crippen molar-refractivity contribution in [3.8, 4) is 11.5 Å². The van der Waals surface area contributed by atoms with Crippen molar-refractivity contribution in [2.24, 2.45) is 0 Å². The zero-order chi connectivity index (χ0) is 20.1. The molecule has 2 N–H and O–H groups in total. The molecule has 146 valence electrons. The van der Waals surface area contributed by atoms with Gasteiger partial charge in [0.05, 0.1) is 26.1 Å². The first kappa shape index (κ1) is 19.6. The van der Waals surface area contributed by atoms with Crippen LogP contribution >= 0.6 is 11.3 Å². The fraction of sp³-hybridized carbons (Fsp3) is 0.211. The van der Waals surface area contributed by atoms with Crippen LogP contribution in [0.2, 0.25) is 0 Å². The van der Waals surface area contributed by atoms with E-state index in [1.54, 1.807) is 27.2 Å². The van der Waals surface area contributed by atoms with Crippen LogP contribution in [0.25, 0.3) is 0 Å². The molecule has 3 rings (SSSR count). The Hall–Kier alpha value is -3.20. The molecule has 0 aliphatic heterocycles. The van der Waals surface area contributed by atoms with E-state index in [0.29, 0.717) is 39.6 Å². The molecule has 7 nitrogen and oxygen atoms in total. The van der Waals surface area contributed by atoms with Crippen LogP contribution in [-0.2, 0) is 6.54 Å². The van der Waals surface area contributed by atoms with Crippen LogP contribution in [0.15, 0.2) is 36.5 Å². The summed E-state index contributed by atoms with van der Waals surface area (Å²) in [5, 5.41) is 6.35. The van der Waals surface area contributed by atoms with Gasteiger partial charge in [0.2, 0.25) is 0 Å². The molecule has 0 unspecified atom stereocenters. The van der Waals surface area contributed by atoms with Gasteiger partial charge in [-0.25, -0.2) is 14.4 Å². The van der Waals surface area contributed by atoms with Crippen molar-refractivity contribution in [3.63, 3.8) is 0 Å². The van der Waals surface area contributed by atoms with Crippen LogP contribution in [0.1, 0.15) is 20.9 Å². The van der Waals surface area contributed by atoms with Crippen LogP contribution in [0.3, 0.4) is 0 Å². The number of benzene rings is 1. The highest BCUT2D eigenvalue weighted by molar-refractivity contribution is 7.17. The smallest absolute Gasteiger partial charge is 0.263 e. The van der Waals surface area contributed by atoms with E-state index in [1.165, 1.54) is 23.5 Å². The number of aromatic nitrogens is 2. The molecule has 1 amide bonds. The number of carbonyl (C=O) groups is 1. The number of hydrogen-bond donors (Lipinski definition) is 2. The number of amides is 1. The third-order valence-electron chi connectivity index (χ3n) is 3.87. The molecule has 0 radical (unpaired) electrons. The molecule has 0 bridgehead atoms. The van der Waals surface area contributed by atoms with Gasteiger partial charge in [-0.1, -0.05) is 17.4 Å². The summed E-state index contributed by atoms with van der Waals surface area (Å²) in [4.78, 5) is 21.3. The second-order valence-corrected chi connectivity index (χ2v) is 6.79. The summed E-state index contributed by atoms with van der Waals surface area (Å²) in [6, 6.07) is 8.26. The number of methoxy groups -OCH3 is 2. The van der Waals surface area contributed by atoms with Crippen molar-refractivity contribution in [2.45, 2.75) is 13.5 Å². The number of thiazole rings is 1. The minimum atomic E-state index is -0.420. The van der Waals surface area contributed by atoms with Gasteiger partial charge in [-0.15, -0.1) is 0 Å². The normalized spacial score (nSPS) is 10.4. The maximum absolute atomic E-state index is 12.9. The number of pyridine rings is 1. The Balaban J connectivity index is 1.66. The lowest BCUT2D eigenvalue weighted by Gasteiger charge is -2.10. The number of hydrogen-bond acceptors (Lipinski definition) is 7. The van der Waals surface area contributed by atoms with Crippen molar-refractivity contribution in [1.82, 2.24) is 15.3 Å². The number of nitrogens with zero attached hydrogens (tertiary/aromatic N) is 2. The highest BCUT2D eigenvalue weighted by Gasteiger charge is 2.16. The average Bonchev–Trinajstić information content (AvgIpc) is 3.07. The quantitative estimate of drug-likeness (QED) is 0.627. The van der Waals surface area contributed by atoms with E-state index in [4.69, 9.17) is 9.47 Å². The summed E-state index contributed by atoms with van der Waals surface area (Å²) in [5.41, 5.74) is 1.47. The monoisotopic (exact) mass is 402 g/mol. The van der Waals surface area contributed by atoms with Crippen molar-refractivity contribution < 1.29 is 18.7 Å². The Kier molecular flexibility index (Phi) is 6.05. The third kappa shape index (κ3) is 4.55. The lowest BCUT2D eigenvalue weighted by atomic mass is 10.2. The van der Waals surface area contributed by atoms with Crippen molar-refractivity contribution >= 4 is 28.2 Å². The Morgan fingerprint density at radius 3 is 2.64 bits per heavy atom. The van der Waals surface area contributed by atoms with Gasteiger partial charge in [0.15, 0.2) is 16.6 Å². The first-order valence-electron chi connectivity index (χ1n) is 8.35. The van der Waals surface area contributed by atoms with Crippen molar-refractivity contribution in [1.29, 1.82) is 0 Å². The summed E-state index contributed by atoms with van der Waals surface area (Å²) in [7, 11) is 3.13. The van der Waals surface area contributed by atoms with E-state index in [9.17, 15) is 9.18 Å². The summed E-state index contributed by atoms with van der Waals surface area (Å²) < 4.78 is 23.4. The summed E-state index contributed by atoms with van der Waals surface area (Å²) in [6.07, 6.45) is 1.11. The Bertz CT molecular complexity index is 976. The number of halogens is 1. The molecule has 0 aliphatic carbocycles. The maximum atomic E-state index is 12.9. The molecule has 0 saturated carbocycles.